The fourth-order valence-corrected chi connectivity index (χ4v) is 2.59. The van der Waals surface area contributed by atoms with E-state index in [9.17, 15) is 5.11 Å². The molecule has 1 aliphatic rings. The molecule has 2 N–H and O–H groups in total. The summed E-state index contributed by atoms with van der Waals surface area (Å²) in [6, 6.07) is 10.2. The highest BCUT2D eigenvalue weighted by atomic mass is 16.5. The van der Waals surface area contributed by atoms with Crippen molar-refractivity contribution in [1.82, 2.24) is 10.2 Å². The molecule has 0 aliphatic carbocycles. The van der Waals surface area contributed by atoms with E-state index in [1.165, 1.54) is 0 Å². The largest absolute Gasteiger partial charge is 0.394 e. The van der Waals surface area contributed by atoms with E-state index in [1.807, 2.05) is 25.2 Å². The Hall–Kier alpha value is -0.940. The minimum absolute atomic E-state index is 0.109. The number of likely N-dealkylation sites (N-methyl/N-ethyl adjacent to an activating group) is 1. The Bertz CT molecular complexity index is 360. The first-order chi connectivity index (χ1) is 9.30. The van der Waals surface area contributed by atoms with E-state index in [0.717, 1.165) is 44.8 Å². The van der Waals surface area contributed by atoms with E-state index >= 15 is 0 Å². The summed E-state index contributed by atoms with van der Waals surface area (Å²) in [7, 11) is 1.92. The monoisotopic (exact) mass is 264 g/mol. The lowest BCUT2D eigenvalue weighted by Gasteiger charge is -2.35. The standard InChI is InChI=1S/C15H24N2O2/c1-16-15(13-18,14-5-3-2-4-6-14)7-8-17-9-11-19-12-10-17/h2-6,16,18H,7-13H2,1H3. The van der Waals surface area contributed by atoms with Crippen molar-refractivity contribution in [1.29, 1.82) is 0 Å². The molecule has 1 saturated heterocycles. The molecule has 0 aromatic heterocycles. The van der Waals surface area contributed by atoms with E-state index in [1.54, 1.807) is 0 Å². The molecule has 4 nitrogen and oxygen atoms in total. The van der Waals surface area contributed by atoms with Gasteiger partial charge in [0.2, 0.25) is 0 Å². The Morgan fingerprint density at radius 1 is 1.26 bits per heavy atom. The maximum atomic E-state index is 9.85. The zero-order valence-corrected chi connectivity index (χ0v) is 11.6. The number of hydrogen-bond acceptors (Lipinski definition) is 4. The van der Waals surface area contributed by atoms with E-state index in [2.05, 4.69) is 22.3 Å². The second-order valence-electron chi connectivity index (χ2n) is 5.06. The Labute approximate surface area is 115 Å². The summed E-state index contributed by atoms with van der Waals surface area (Å²) < 4.78 is 5.36. The number of benzene rings is 1. The predicted octanol–water partition coefficient (Wildman–Crippen LogP) is 0.816. The molecule has 0 radical (unpaired) electrons. The molecule has 0 spiro atoms. The van der Waals surface area contributed by atoms with E-state index < -0.39 is 0 Å². The van der Waals surface area contributed by atoms with Crippen LogP contribution in [0.1, 0.15) is 12.0 Å². The smallest absolute Gasteiger partial charge is 0.0678 e. The second-order valence-corrected chi connectivity index (χ2v) is 5.06. The molecule has 2 rings (SSSR count). The van der Waals surface area contributed by atoms with Crippen LogP contribution in [0.5, 0.6) is 0 Å². The summed E-state index contributed by atoms with van der Waals surface area (Å²) in [5.74, 6) is 0. The van der Waals surface area contributed by atoms with Gasteiger partial charge in [0.05, 0.1) is 25.4 Å². The summed E-state index contributed by atoms with van der Waals surface area (Å²) >= 11 is 0. The summed E-state index contributed by atoms with van der Waals surface area (Å²) in [5, 5.41) is 13.2. The van der Waals surface area contributed by atoms with Gasteiger partial charge in [0.15, 0.2) is 0 Å². The van der Waals surface area contributed by atoms with Crippen LogP contribution >= 0.6 is 0 Å². The molecule has 1 fully saturated rings. The van der Waals surface area contributed by atoms with Crippen LogP contribution in [0.3, 0.4) is 0 Å². The Kier molecular flexibility index (Phi) is 5.34. The minimum Gasteiger partial charge on any atom is -0.394 e. The van der Waals surface area contributed by atoms with Crippen molar-refractivity contribution in [2.24, 2.45) is 0 Å². The molecule has 1 heterocycles. The summed E-state index contributed by atoms with van der Waals surface area (Å²) in [4.78, 5) is 2.40. The highest BCUT2D eigenvalue weighted by molar-refractivity contribution is 5.24. The SMILES string of the molecule is CNC(CO)(CCN1CCOCC1)c1ccccc1. The van der Waals surface area contributed by atoms with Crippen molar-refractivity contribution in [3.8, 4) is 0 Å². The van der Waals surface area contributed by atoms with Crippen molar-refractivity contribution < 1.29 is 9.84 Å². The van der Waals surface area contributed by atoms with Gasteiger partial charge in [0, 0.05) is 19.6 Å². The van der Waals surface area contributed by atoms with Gasteiger partial charge >= 0.3 is 0 Å². The molecule has 1 atom stereocenters. The topological polar surface area (TPSA) is 44.7 Å². The van der Waals surface area contributed by atoms with E-state index in [-0.39, 0.29) is 12.1 Å². The fourth-order valence-electron chi connectivity index (χ4n) is 2.59. The average molecular weight is 264 g/mol. The highest BCUT2D eigenvalue weighted by Gasteiger charge is 2.30. The fraction of sp³-hybridized carbons (Fsp3) is 0.600. The van der Waals surface area contributed by atoms with Gasteiger partial charge in [-0.2, -0.15) is 0 Å². The number of aliphatic hydroxyl groups excluding tert-OH is 1. The van der Waals surface area contributed by atoms with Gasteiger partial charge in [-0.25, -0.2) is 0 Å². The Morgan fingerprint density at radius 3 is 2.53 bits per heavy atom. The highest BCUT2D eigenvalue weighted by Crippen LogP contribution is 2.24. The molecule has 0 saturated carbocycles. The summed E-state index contributed by atoms with van der Waals surface area (Å²) in [5.41, 5.74) is 0.799. The van der Waals surface area contributed by atoms with E-state index in [0.29, 0.717) is 0 Å². The van der Waals surface area contributed by atoms with Crippen LogP contribution in [0.25, 0.3) is 0 Å². The number of aliphatic hydroxyl groups is 1. The van der Waals surface area contributed by atoms with Crippen molar-refractivity contribution >= 4 is 0 Å². The summed E-state index contributed by atoms with van der Waals surface area (Å²) in [6.45, 7) is 4.69. The van der Waals surface area contributed by atoms with Gasteiger partial charge in [-0.05, 0) is 19.0 Å². The van der Waals surface area contributed by atoms with Gasteiger partial charge in [0.1, 0.15) is 0 Å². The molecular weight excluding hydrogens is 240 g/mol. The number of rotatable bonds is 6. The summed E-state index contributed by atoms with van der Waals surface area (Å²) in [6.07, 6.45) is 0.893. The number of nitrogens with one attached hydrogen (secondary N) is 1. The Morgan fingerprint density at radius 2 is 1.95 bits per heavy atom. The third-order valence-electron chi connectivity index (χ3n) is 4.03. The lowest BCUT2D eigenvalue weighted by molar-refractivity contribution is 0.0303. The molecule has 1 aromatic carbocycles. The average Bonchev–Trinajstić information content (AvgIpc) is 2.51. The minimum atomic E-state index is -0.348. The lowest BCUT2D eigenvalue weighted by atomic mass is 9.87. The van der Waals surface area contributed by atoms with Crippen LogP contribution in [0.2, 0.25) is 0 Å². The Balaban J connectivity index is 2.02. The van der Waals surface area contributed by atoms with Crippen molar-refractivity contribution in [2.75, 3.05) is 46.5 Å². The van der Waals surface area contributed by atoms with Crippen molar-refractivity contribution in [3.05, 3.63) is 35.9 Å². The maximum Gasteiger partial charge on any atom is 0.0678 e. The quantitative estimate of drug-likeness (QED) is 0.798. The van der Waals surface area contributed by atoms with Crippen molar-refractivity contribution in [3.63, 3.8) is 0 Å². The van der Waals surface area contributed by atoms with Gasteiger partial charge in [0.25, 0.3) is 0 Å². The molecule has 0 bridgehead atoms. The molecular formula is C15H24N2O2. The van der Waals surface area contributed by atoms with Gasteiger partial charge in [-0.15, -0.1) is 0 Å². The van der Waals surface area contributed by atoms with Crippen LogP contribution in [-0.4, -0.2) is 56.5 Å². The molecule has 1 aromatic rings. The molecule has 1 aliphatic heterocycles. The van der Waals surface area contributed by atoms with Gasteiger partial charge in [-0.1, -0.05) is 30.3 Å². The van der Waals surface area contributed by atoms with Gasteiger partial charge in [-0.3, -0.25) is 4.90 Å². The normalized spacial score (nSPS) is 20.1. The van der Waals surface area contributed by atoms with Crippen LogP contribution in [0.15, 0.2) is 30.3 Å². The number of nitrogens with zero attached hydrogens (tertiary/aromatic N) is 1. The van der Waals surface area contributed by atoms with Crippen LogP contribution in [0, 0.1) is 0 Å². The van der Waals surface area contributed by atoms with E-state index in [4.69, 9.17) is 4.74 Å². The van der Waals surface area contributed by atoms with Crippen LogP contribution in [0.4, 0.5) is 0 Å². The maximum absolute atomic E-state index is 9.85. The first kappa shape index (κ1) is 14.5. The second kappa shape index (κ2) is 7.01. The van der Waals surface area contributed by atoms with Crippen molar-refractivity contribution in [2.45, 2.75) is 12.0 Å². The first-order valence-electron chi connectivity index (χ1n) is 6.96. The number of ether oxygens (including phenoxy) is 1. The predicted molar refractivity (Wildman–Crippen MR) is 76.1 cm³/mol. The molecule has 0 amide bonds. The van der Waals surface area contributed by atoms with Crippen LogP contribution < -0.4 is 5.32 Å². The third kappa shape index (κ3) is 3.54. The zero-order valence-electron chi connectivity index (χ0n) is 11.6. The molecule has 19 heavy (non-hydrogen) atoms. The van der Waals surface area contributed by atoms with Gasteiger partial charge < -0.3 is 15.2 Å². The lowest BCUT2D eigenvalue weighted by Crippen LogP contribution is -2.47. The number of hydrogen-bond donors (Lipinski definition) is 2. The third-order valence-corrected chi connectivity index (χ3v) is 4.03. The number of morpholine rings is 1. The first-order valence-corrected chi connectivity index (χ1v) is 6.96. The molecule has 1 unspecified atom stereocenters. The zero-order chi connectivity index (χ0) is 13.6. The molecule has 4 heteroatoms. The van der Waals surface area contributed by atoms with Crippen LogP contribution in [-0.2, 0) is 10.3 Å². The molecule has 106 valence electrons.